The van der Waals surface area contributed by atoms with Crippen LogP contribution in [0.3, 0.4) is 0 Å². The van der Waals surface area contributed by atoms with Gasteiger partial charge in [-0.1, -0.05) is 0 Å². The summed E-state index contributed by atoms with van der Waals surface area (Å²) in [4.78, 5) is 30.6. The van der Waals surface area contributed by atoms with E-state index in [-0.39, 0.29) is 29.6 Å². The summed E-state index contributed by atoms with van der Waals surface area (Å²) in [6.45, 7) is 8.48. The van der Waals surface area contributed by atoms with E-state index in [4.69, 9.17) is 4.74 Å². The number of aromatic nitrogens is 3. The van der Waals surface area contributed by atoms with E-state index < -0.39 is 11.4 Å². The molecule has 2 fully saturated rings. The Morgan fingerprint density at radius 1 is 1.13 bits per heavy atom. The van der Waals surface area contributed by atoms with E-state index >= 15 is 0 Å². The van der Waals surface area contributed by atoms with Gasteiger partial charge in [-0.05, 0) is 52.3 Å². The summed E-state index contributed by atoms with van der Waals surface area (Å²) in [6.07, 6.45) is 3.41. The van der Waals surface area contributed by atoms with Crippen LogP contribution in [0.1, 0.15) is 44.5 Å². The van der Waals surface area contributed by atoms with Crippen molar-refractivity contribution in [1.29, 1.82) is 0 Å². The molecule has 2 aliphatic heterocycles. The molecule has 2 aliphatic rings. The molecule has 8 nitrogen and oxygen atoms in total. The molecule has 2 aromatic rings. The lowest BCUT2D eigenvalue weighted by molar-refractivity contribution is -0.0649. The number of benzene rings is 1. The van der Waals surface area contributed by atoms with Gasteiger partial charge in [0.05, 0.1) is 29.7 Å². The third kappa shape index (κ3) is 3.76. The number of piperidine rings is 1. The van der Waals surface area contributed by atoms with Gasteiger partial charge >= 0.3 is 6.09 Å². The van der Waals surface area contributed by atoms with Gasteiger partial charge in [-0.15, -0.1) is 0 Å². The first-order valence-electron chi connectivity index (χ1n) is 10.1. The minimum absolute atomic E-state index is 0.0266. The Balaban J connectivity index is 1.57. The largest absolute Gasteiger partial charge is 0.444 e. The van der Waals surface area contributed by atoms with Crippen LogP contribution in [0.15, 0.2) is 30.6 Å². The molecule has 4 rings (SSSR count). The van der Waals surface area contributed by atoms with Gasteiger partial charge in [0.25, 0.3) is 5.91 Å². The Bertz CT molecular complexity index is 956. The van der Waals surface area contributed by atoms with Gasteiger partial charge in [0.2, 0.25) is 0 Å². The Kier molecular flexibility index (Phi) is 4.99. The summed E-state index contributed by atoms with van der Waals surface area (Å²) >= 11 is 0. The molecule has 0 aliphatic carbocycles. The van der Waals surface area contributed by atoms with Crippen LogP contribution in [-0.4, -0.2) is 67.6 Å². The second-order valence-corrected chi connectivity index (χ2v) is 8.98. The van der Waals surface area contributed by atoms with Crippen molar-refractivity contribution in [3.63, 3.8) is 0 Å². The number of carbonyl (C=O) groups is 2. The molecule has 0 saturated carbocycles. The molecule has 0 unspecified atom stereocenters. The Morgan fingerprint density at radius 3 is 2.50 bits per heavy atom. The zero-order chi connectivity index (χ0) is 21.6. The lowest BCUT2D eigenvalue weighted by Gasteiger charge is -2.55. The first kappa shape index (κ1) is 20.3. The number of carbonyl (C=O) groups excluding carboxylic acids is 2. The van der Waals surface area contributed by atoms with Gasteiger partial charge in [0, 0.05) is 25.0 Å². The zero-order valence-electron chi connectivity index (χ0n) is 17.6. The maximum Gasteiger partial charge on any atom is 0.410 e. The summed E-state index contributed by atoms with van der Waals surface area (Å²) in [5, 5.41) is 8.15. The van der Waals surface area contributed by atoms with Crippen LogP contribution in [0.2, 0.25) is 0 Å². The number of halogens is 1. The third-order valence-corrected chi connectivity index (χ3v) is 5.65. The number of rotatable bonds is 2. The highest BCUT2D eigenvalue weighted by Crippen LogP contribution is 2.37. The predicted molar refractivity (Wildman–Crippen MR) is 107 cm³/mol. The first-order chi connectivity index (χ1) is 14.1. The van der Waals surface area contributed by atoms with E-state index in [9.17, 15) is 14.0 Å². The summed E-state index contributed by atoms with van der Waals surface area (Å²) in [5.41, 5.74) is 0.0327. The van der Waals surface area contributed by atoms with Crippen molar-refractivity contribution < 1.29 is 18.7 Å². The highest BCUT2D eigenvalue weighted by Gasteiger charge is 2.49. The maximum absolute atomic E-state index is 14.0. The van der Waals surface area contributed by atoms with Crippen LogP contribution in [-0.2, 0) is 4.74 Å². The molecule has 0 radical (unpaired) electrons. The average Bonchev–Trinajstić information content (AvgIpc) is 3.16. The molecular weight excluding hydrogens is 389 g/mol. The van der Waals surface area contributed by atoms with Crippen molar-refractivity contribution in [2.24, 2.45) is 5.92 Å². The fourth-order valence-electron chi connectivity index (χ4n) is 4.21. The molecule has 160 valence electrons. The second kappa shape index (κ2) is 7.37. The number of fused-ring (bicyclic) bond motifs is 1. The lowest BCUT2D eigenvalue weighted by Crippen LogP contribution is -2.68. The number of hydrogen-bond acceptors (Lipinski definition) is 5. The fraction of sp³-hybridized carbons (Fsp3) is 0.524. The van der Waals surface area contributed by atoms with E-state index in [0.717, 1.165) is 6.42 Å². The van der Waals surface area contributed by atoms with Crippen LogP contribution < -0.4 is 0 Å². The molecule has 0 spiro atoms. The molecule has 9 heteroatoms. The van der Waals surface area contributed by atoms with E-state index in [1.54, 1.807) is 9.80 Å². The summed E-state index contributed by atoms with van der Waals surface area (Å²) in [6, 6.07) is 3.87. The highest BCUT2D eigenvalue weighted by molar-refractivity contribution is 5.98. The fourth-order valence-corrected chi connectivity index (χ4v) is 4.21. The molecule has 0 bridgehead atoms. The smallest absolute Gasteiger partial charge is 0.410 e. The number of amides is 2. The van der Waals surface area contributed by atoms with Crippen molar-refractivity contribution in [3.05, 3.63) is 42.0 Å². The molecule has 30 heavy (non-hydrogen) atoms. The quantitative estimate of drug-likeness (QED) is 0.754. The summed E-state index contributed by atoms with van der Waals surface area (Å²) < 4.78 is 19.5. The van der Waals surface area contributed by atoms with Crippen LogP contribution >= 0.6 is 0 Å². The molecule has 3 heterocycles. The number of ether oxygens (including phenoxy) is 1. The molecular formula is C21H26FN5O3. The van der Waals surface area contributed by atoms with Gasteiger partial charge in [-0.25, -0.2) is 9.18 Å². The van der Waals surface area contributed by atoms with Gasteiger partial charge in [0.15, 0.2) is 0 Å². The minimum atomic E-state index is -0.577. The molecule has 1 aromatic heterocycles. The molecule has 3 atom stereocenters. The van der Waals surface area contributed by atoms with Crippen molar-refractivity contribution >= 4 is 12.0 Å². The third-order valence-electron chi connectivity index (χ3n) is 5.65. The van der Waals surface area contributed by atoms with Crippen molar-refractivity contribution in [3.8, 4) is 5.69 Å². The van der Waals surface area contributed by atoms with Gasteiger partial charge in [0.1, 0.15) is 11.4 Å². The first-order valence-corrected chi connectivity index (χ1v) is 10.1. The Hall–Kier alpha value is -2.97. The van der Waals surface area contributed by atoms with Crippen LogP contribution in [0.4, 0.5) is 9.18 Å². The van der Waals surface area contributed by atoms with Crippen LogP contribution in [0.5, 0.6) is 0 Å². The average molecular weight is 415 g/mol. The minimum Gasteiger partial charge on any atom is -0.444 e. The van der Waals surface area contributed by atoms with E-state index in [1.165, 1.54) is 35.4 Å². The van der Waals surface area contributed by atoms with Crippen molar-refractivity contribution in [1.82, 2.24) is 24.8 Å². The van der Waals surface area contributed by atoms with E-state index in [0.29, 0.717) is 24.7 Å². The monoisotopic (exact) mass is 415 g/mol. The van der Waals surface area contributed by atoms with Gasteiger partial charge in [-0.2, -0.15) is 15.0 Å². The highest BCUT2D eigenvalue weighted by atomic mass is 19.1. The van der Waals surface area contributed by atoms with Crippen LogP contribution in [0.25, 0.3) is 5.69 Å². The maximum atomic E-state index is 14.0. The lowest BCUT2D eigenvalue weighted by atomic mass is 9.79. The molecule has 2 saturated heterocycles. The topological polar surface area (TPSA) is 80.6 Å². The SMILES string of the molecule is C[C@@H]1C[C@H]2CN(C(=O)OC(C)(C)C)[C@H]2CN1C(=O)c1cc(F)ccc1-n1nccn1. The zero-order valence-corrected chi connectivity index (χ0v) is 17.6. The Morgan fingerprint density at radius 2 is 1.83 bits per heavy atom. The molecule has 2 amide bonds. The number of likely N-dealkylation sites (tertiary alicyclic amines) is 2. The van der Waals surface area contributed by atoms with Crippen molar-refractivity contribution in [2.45, 2.75) is 51.8 Å². The standard InChI is InChI=1S/C21H26FN5O3/c1-13-9-14-11-26(20(29)30-21(2,3)4)18(14)12-25(13)19(28)16-10-15(22)5-6-17(16)27-23-7-8-24-27/h5-8,10,13-14,18H,9,11-12H2,1-4H3/t13-,14+,18+/m1/s1. The van der Waals surface area contributed by atoms with Crippen molar-refractivity contribution in [2.75, 3.05) is 13.1 Å². The van der Waals surface area contributed by atoms with E-state index in [1.807, 2.05) is 27.7 Å². The van der Waals surface area contributed by atoms with Gasteiger partial charge < -0.3 is 14.5 Å². The summed E-state index contributed by atoms with van der Waals surface area (Å²) in [5.74, 6) is -0.476. The summed E-state index contributed by atoms with van der Waals surface area (Å²) in [7, 11) is 0. The number of hydrogen-bond donors (Lipinski definition) is 0. The van der Waals surface area contributed by atoms with E-state index in [2.05, 4.69) is 10.2 Å². The van der Waals surface area contributed by atoms with Crippen LogP contribution in [0, 0.1) is 11.7 Å². The predicted octanol–water partition coefficient (Wildman–Crippen LogP) is 2.88. The number of nitrogens with zero attached hydrogens (tertiary/aromatic N) is 5. The molecule has 0 N–H and O–H groups in total. The van der Waals surface area contributed by atoms with Gasteiger partial charge in [-0.3, -0.25) is 4.79 Å². The molecule has 1 aromatic carbocycles. The second-order valence-electron chi connectivity index (χ2n) is 8.98. The normalized spacial score (nSPS) is 23.6. The Labute approximate surface area is 174 Å².